The van der Waals surface area contributed by atoms with Crippen molar-refractivity contribution >= 4 is 23.7 Å². The molecule has 36 heavy (non-hydrogen) atoms. The first-order valence-corrected chi connectivity index (χ1v) is 12.5. The number of aromatic amines is 1. The normalized spacial score (nSPS) is 14.7. The SMILES string of the molecule is CC(C)CC(NC(=O)C(N)CCCCN)C(=O)NC(CC(C)C)C(=O)NC(Cc1cnc[nH]1)C(=O)O. The Morgan fingerprint density at radius 1 is 0.917 bits per heavy atom. The highest BCUT2D eigenvalue weighted by atomic mass is 16.4. The van der Waals surface area contributed by atoms with Crippen LogP contribution in [0.15, 0.2) is 12.5 Å². The second kappa shape index (κ2) is 15.9. The summed E-state index contributed by atoms with van der Waals surface area (Å²) in [6.07, 6.45) is 5.45. The molecule has 0 spiro atoms. The molecule has 0 saturated heterocycles. The van der Waals surface area contributed by atoms with Gasteiger partial charge in [-0.15, -0.1) is 0 Å². The first kappa shape index (κ1) is 31.0. The maximum atomic E-state index is 13.2. The third-order valence-electron chi connectivity index (χ3n) is 5.58. The summed E-state index contributed by atoms with van der Waals surface area (Å²) >= 11 is 0. The zero-order valence-electron chi connectivity index (χ0n) is 21.8. The van der Waals surface area contributed by atoms with E-state index in [9.17, 15) is 24.3 Å². The van der Waals surface area contributed by atoms with Crippen LogP contribution in [0.5, 0.6) is 0 Å². The maximum Gasteiger partial charge on any atom is 0.326 e. The van der Waals surface area contributed by atoms with Crippen LogP contribution in [0.1, 0.15) is 65.5 Å². The van der Waals surface area contributed by atoms with Crippen molar-refractivity contribution in [2.45, 2.75) is 90.4 Å². The van der Waals surface area contributed by atoms with Gasteiger partial charge in [-0.25, -0.2) is 9.78 Å². The van der Waals surface area contributed by atoms with Crippen molar-refractivity contribution in [2.75, 3.05) is 6.54 Å². The van der Waals surface area contributed by atoms with Crippen LogP contribution in [-0.4, -0.2) is 69.5 Å². The Kier molecular flexibility index (Phi) is 13.7. The molecule has 0 aliphatic rings. The molecule has 9 N–H and O–H groups in total. The maximum absolute atomic E-state index is 13.2. The largest absolute Gasteiger partial charge is 0.480 e. The van der Waals surface area contributed by atoms with Crippen LogP contribution in [-0.2, 0) is 25.6 Å². The lowest BCUT2D eigenvalue weighted by Gasteiger charge is -2.26. The Morgan fingerprint density at radius 2 is 1.44 bits per heavy atom. The van der Waals surface area contributed by atoms with Gasteiger partial charge in [0.1, 0.15) is 18.1 Å². The summed E-state index contributed by atoms with van der Waals surface area (Å²) in [5.74, 6) is -2.67. The number of nitrogens with two attached hydrogens (primary N) is 2. The predicted molar refractivity (Wildman–Crippen MR) is 136 cm³/mol. The number of carboxylic acid groups (broad SMARTS) is 1. The molecular formula is C24H43N7O5. The smallest absolute Gasteiger partial charge is 0.326 e. The molecule has 0 aliphatic carbocycles. The average Bonchev–Trinajstić information content (AvgIpc) is 3.30. The first-order chi connectivity index (χ1) is 16.9. The van der Waals surface area contributed by atoms with E-state index in [1.165, 1.54) is 12.5 Å². The second-order valence-corrected chi connectivity index (χ2v) is 9.95. The molecule has 12 heteroatoms. The van der Waals surface area contributed by atoms with E-state index in [4.69, 9.17) is 11.5 Å². The molecule has 1 heterocycles. The third-order valence-corrected chi connectivity index (χ3v) is 5.58. The zero-order chi connectivity index (χ0) is 27.3. The van der Waals surface area contributed by atoms with Crippen LogP contribution in [0.3, 0.4) is 0 Å². The molecule has 12 nitrogen and oxygen atoms in total. The fourth-order valence-electron chi connectivity index (χ4n) is 3.69. The van der Waals surface area contributed by atoms with Gasteiger partial charge in [-0.3, -0.25) is 14.4 Å². The third kappa shape index (κ3) is 11.6. The summed E-state index contributed by atoms with van der Waals surface area (Å²) < 4.78 is 0. The number of hydrogen-bond acceptors (Lipinski definition) is 7. The molecule has 0 fully saturated rings. The van der Waals surface area contributed by atoms with Gasteiger partial charge >= 0.3 is 5.97 Å². The van der Waals surface area contributed by atoms with E-state index < -0.39 is 47.9 Å². The van der Waals surface area contributed by atoms with E-state index in [-0.39, 0.29) is 24.7 Å². The number of carbonyl (C=O) groups is 4. The van der Waals surface area contributed by atoms with Crippen molar-refractivity contribution in [1.29, 1.82) is 0 Å². The number of aromatic nitrogens is 2. The summed E-state index contributed by atoms with van der Waals surface area (Å²) in [6.45, 7) is 8.12. The van der Waals surface area contributed by atoms with Crippen LogP contribution < -0.4 is 27.4 Å². The number of nitrogens with one attached hydrogen (secondary N) is 4. The Labute approximate surface area is 212 Å². The molecule has 1 rings (SSSR count). The van der Waals surface area contributed by atoms with E-state index in [0.717, 1.165) is 6.42 Å². The van der Waals surface area contributed by atoms with Gasteiger partial charge in [-0.05, 0) is 44.1 Å². The van der Waals surface area contributed by atoms with E-state index in [0.29, 0.717) is 31.5 Å². The highest BCUT2D eigenvalue weighted by molar-refractivity contribution is 5.94. The van der Waals surface area contributed by atoms with E-state index >= 15 is 0 Å². The lowest BCUT2D eigenvalue weighted by Crippen LogP contribution is -2.57. The fourth-order valence-corrected chi connectivity index (χ4v) is 3.69. The summed E-state index contributed by atoms with van der Waals surface area (Å²) in [5, 5.41) is 17.5. The molecule has 4 unspecified atom stereocenters. The molecule has 1 aromatic heterocycles. The number of unbranched alkanes of at least 4 members (excludes halogenated alkanes) is 1. The first-order valence-electron chi connectivity index (χ1n) is 12.5. The molecule has 0 saturated carbocycles. The van der Waals surface area contributed by atoms with Gasteiger partial charge < -0.3 is 37.5 Å². The molecule has 1 aromatic rings. The molecule has 0 radical (unpaired) electrons. The molecule has 3 amide bonds. The van der Waals surface area contributed by atoms with Gasteiger partial charge in [-0.2, -0.15) is 0 Å². The number of hydrogen-bond donors (Lipinski definition) is 7. The molecule has 0 aromatic carbocycles. The van der Waals surface area contributed by atoms with Crippen LogP contribution in [0.25, 0.3) is 0 Å². The summed E-state index contributed by atoms with van der Waals surface area (Å²) in [5.41, 5.74) is 12.0. The fraction of sp³-hybridized carbons (Fsp3) is 0.708. The van der Waals surface area contributed by atoms with Crippen LogP contribution in [0, 0.1) is 11.8 Å². The summed E-state index contributed by atoms with van der Waals surface area (Å²) in [7, 11) is 0. The molecule has 0 bridgehead atoms. The summed E-state index contributed by atoms with van der Waals surface area (Å²) in [4.78, 5) is 57.2. The minimum absolute atomic E-state index is 0.0114. The lowest BCUT2D eigenvalue weighted by atomic mass is 9.99. The van der Waals surface area contributed by atoms with Gasteiger partial charge in [0.2, 0.25) is 17.7 Å². The number of carbonyl (C=O) groups excluding carboxylic acids is 3. The highest BCUT2D eigenvalue weighted by Crippen LogP contribution is 2.10. The van der Waals surface area contributed by atoms with Crippen molar-refractivity contribution in [3.63, 3.8) is 0 Å². The highest BCUT2D eigenvalue weighted by Gasteiger charge is 2.31. The molecule has 204 valence electrons. The Bertz CT molecular complexity index is 829. The molecular weight excluding hydrogens is 466 g/mol. The number of imidazole rings is 1. The van der Waals surface area contributed by atoms with Crippen LogP contribution in [0.4, 0.5) is 0 Å². The van der Waals surface area contributed by atoms with E-state index in [1.54, 1.807) is 0 Å². The zero-order valence-corrected chi connectivity index (χ0v) is 21.8. The number of rotatable bonds is 17. The van der Waals surface area contributed by atoms with Crippen molar-refractivity contribution in [1.82, 2.24) is 25.9 Å². The van der Waals surface area contributed by atoms with Gasteiger partial charge in [-0.1, -0.05) is 34.1 Å². The Morgan fingerprint density at radius 3 is 1.89 bits per heavy atom. The van der Waals surface area contributed by atoms with Gasteiger partial charge in [0, 0.05) is 18.3 Å². The Hall–Kier alpha value is -2.99. The number of H-pyrrole nitrogens is 1. The number of aliphatic carboxylic acids is 1. The monoisotopic (exact) mass is 509 g/mol. The van der Waals surface area contributed by atoms with Gasteiger partial charge in [0.15, 0.2) is 0 Å². The van der Waals surface area contributed by atoms with Gasteiger partial charge in [0.05, 0.1) is 12.4 Å². The minimum Gasteiger partial charge on any atom is -0.480 e. The second-order valence-electron chi connectivity index (χ2n) is 9.95. The standard InChI is InChI=1S/C24H43N7O5/c1-14(2)9-18(29-21(32)17(26)7-5-6-8-25)22(33)30-19(10-15(3)4)23(34)31-20(24(35)36)11-16-12-27-13-28-16/h12-15,17-20H,5-11,25-26H2,1-4H3,(H,27,28)(H,29,32)(H,30,33)(H,31,34)(H,35,36). The number of amides is 3. The minimum atomic E-state index is -1.21. The van der Waals surface area contributed by atoms with Gasteiger partial charge in [0.25, 0.3) is 0 Å². The number of nitrogens with zero attached hydrogens (tertiary/aromatic N) is 1. The van der Waals surface area contributed by atoms with Crippen molar-refractivity contribution in [3.05, 3.63) is 18.2 Å². The quantitative estimate of drug-likeness (QED) is 0.142. The molecule has 4 atom stereocenters. The Balaban J connectivity index is 2.93. The van der Waals surface area contributed by atoms with Crippen molar-refractivity contribution in [2.24, 2.45) is 23.3 Å². The number of carboxylic acids is 1. The van der Waals surface area contributed by atoms with E-state index in [2.05, 4.69) is 25.9 Å². The molecule has 0 aliphatic heterocycles. The van der Waals surface area contributed by atoms with E-state index in [1.807, 2.05) is 27.7 Å². The topological polar surface area (TPSA) is 205 Å². The summed E-state index contributed by atoms with van der Waals surface area (Å²) in [6, 6.07) is -3.85. The van der Waals surface area contributed by atoms with Crippen molar-refractivity contribution in [3.8, 4) is 0 Å². The predicted octanol–water partition coefficient (Wildman–Crippen LogP) is 0.0397. The lowest BCUT2D eigenvalue weighted by molar-refractivity contribution is -0.142. The van der Waals surface area contributed by atoms with Crippen molar-refractivity contribution < 1.29 is 24.3 Å². The average molecular weight is 510 g/mol. The van der Waals surface area contributed by atoms with Crippen LogP contribution in [0.2, 0.25) is 0 Å². The van der Waals surface area contributed by atoms with Crippen LogP contribution >= 0.6 is 0 Å².